The molecule has 128 valence electrons. The van der Waals surface area contributed by atoms with Crippen LogP contribution in [0.15, 0.2) is 30.3 Å². The van der Waals surface area contributed by atoms with Crippen LogP contribution in [-0.2, 0) is 16.1 Å². The summed E-state index contributed by atoms with van der Waals surface area (Å²) in [4.78, 5) is 17.0. The molecule has 1 amide bonds. The van der Waals surface area contributed by atoms with Gasteiger partial charge in [0.1, 0.15) is 0 Å². The third-order valence-corrected chi connectivity index (χ3v) is 4.27. The van der Waals surface area contributed by atoms with Gasteiger partial charge in [0.15, 0.2) is 0 Å². The highest BCUT2D eigenvalue weighted by Crippen LogP contribution is 2.13. The van der Waals surface area contributed by atoms with Gasteiger partial charge in [-0.05, 0) is 25.5 Å². The molecule has 5 nitrogen and oxygen atoms in total. The van der Waals surface area contributed by atoms with Crippen molar-refractivity contribution in [3.8, 4) is 0 Å². The van der Waals surface area contributed by atoms with Crippen LogP contribution in [0.1, 0.15) is 25.3 Å². The van der Waals surface area contributed by atoms with Gasteiger partial charge in [0.25, 0.3) is 0 Å². The maximum absolute atomic E-state index is 12.6. The number of hydrogen-bond acceptors (Lipinski definition) is 4. The Morgan fingerprint density at radius 1 is 1.30 bits per heavy atom. The third kappa shape index (κ3) is 5.94. The van der Waals surface area contributed by atoms with Gasteiger partial charge in [-0.25, -0.2) is 0 Å². The Balaban J connectivity index is 2.00. The molecular formula is C18H29N3O2. The summed E-state index contributed by atoms with van der Waals surface area (Å²) >= 11 is 0. The minimum Gasteiger partial charge on any atom is -0.379 e. The number of benzene rings is 1. The van der Waals surface area contributed by atoms with Crippen LogP contribution < -0.4 is 5.73 Å². The van der Waals surface area contributed by atoms with Gasteiger partial charge in [0.05, 0.1) is 13.2 Å². The summed E-state index contributed by atoms with van der Waals surface area (Å²) in [5, 5.41) is 0. The SMILES string of the molecule is CC(CN1CCOCC1)N(Cc1ccccc1)C(=O)CCCN. The molecule has 0 aliphatic carbocycles. The van der Waals surface area contributed by atoms with Crippen molar-refractivity contribution in [2.45, 2.75) is 32.4 Å². The van der Waals surface area contributed by atoms with Gasteiger partial charge in [-0.3, -0.25) is 9.69 Å². The first-order chi connectivity index (χ1) is 11.2. The number of ether oxygens (including phenoxy) is 1. The lowest BCUT2D eigenvalue weighted by molar-refractivity contribution is -0.134. The second-order valence-corrected chi connectivity index (χ2v) is 6.16. The summed E-state index contributed by atoms with van der Waals surface area (Å²) in [6, 6.07) is 10.4. The van der Waals surface area contributed by atoms with Gasteiger partial charge < -0.3 is 15.4 Å². The maximum atomic E-state index is 12.6. The zero-order valence-electron chi connectivity index (χ0n) is 14.1. The Kier molecular flexibility index (Phi) is 7.52. The van der Waals surface area contributed by atoms with Crippen LogP contribution in [0.25, 0.3) is 0 Å². The van der Waals surface area contributed by atoms with E-state index in [2.05, 4.69) is 24.0 Å². The molecule has 0 aromatic heterocycles. The van der Waals surface area contributed by atoms with E-state index in [9.17, 15) is 4.79 Å². The normalized spacial score (nSPS) is 17.0. The van der Waals surface area contributed by atoms with Crippen molar-refractivity contribution in [3.05, 3.63) is 35.9 Å². The molecular weight excluding hydrogens is 290 g/mol. The van der Waals surface area contributed by atoms with Gasteiger partial charge in [-0.2, -0.15) is 0 Å². The molecule has 2 N–H and O–H groups in total. The molecule has 1 fully saturated rings. The molecule has 0 saturated carbocycles. The van der Waals surface area contributed by atoms with Crippen LogP contribution in [0.5, 0.6) is 0 Å². The smallest absolute Gasteiger partial charge is 0.223 e. The van der Waals surface area contributed by atoms with Gasteiger partial charge in [-0.1, -0.05) is 30.3 Å². The number of morpholine rings is 1. The molecule has 1 atom stereocenters. The van der Waals surface area contributed by atoms with Crippen molar-refractivity contribution in [3.63, 3.8) is 0 Å². The van der Waals surface area contributed by atoms with Crippen LogP contribution in [0, 0.1) is 0 Å². The number of nitrogens with two attached hydrogens (primary N) is 1. The van der Waals surface area contributed by atoms with E-state index in [0.717, 1.165) is 39.3 Å². The van der Waals surface area contributed by atoms with Crippen molar-refractivity contribution < 1.29 is 9.53 Å². The molecule has 1 aromatic rings. The number of nitrogens with zero attached hydrogens (tertiary/aromatic N) is 2. The van der Waals surface area contributed by atoms with E-state index in [0.29, 0.717) is 19.5 Å². The number of carbonyl (C=O) groups excluding carboxylic acids is 1. The molecule has 1 saturated heterocycles. The average Bonchev–Trinajstić information content (AvgIpc) is 2.59. The number of amides is 1. The van der Waals surface area contributed by atoms with Crippen LogP contribution in [-0.4, -0.2) is 61.1 Å². The molecule has 1 aliphatic rings. The minimum absolute atomic E-state index is 0.179. The van der Waals surface area contributed by atoms with E-state index in [4.69, 9.17) is 10.5 Å². The first kappa shape index (κ1) is 17.9. The molecule has 2 rings (SSSR count). The molecule has 1 heterocycles. The third-order valence-electron chi connectivity index (χ3n) is 4.27. The Bertz CT molecular complexity index is 461. The highest BCUT2D eigenvalue weighted by molar-refractivity contribution is 5.76. The summed E-state index contributed by atoms with van der Waals surface area (Å²) in [6.07, 6.45) is 1.27. The number of hydrogen-bond donors (Lipinski definition) is 1. The minimum atomic E-state index is 0.179. The zero-order valence-corrected chi connectivity index (χ0v) is 14.1. The zero-order chi connectivity index (χ0) is 16.5. The van der Waals surface area contributed by atoms with Gasteiger partial charge in [0, 0.05) is 38.6 Å². The number of carbonyl (C=O) groups is 1. The van der Waals surface area contributed by atoms with Gasteiger partial charge in [-0.15, -0.1) is 0 Å². The molecule has 0 radical (unpaired) electrons. The summed E-state index contributed by atoms with van der Waals surface area (Å²) in [5.74, 6) is 0.195. The van der Waals surface area contributed by atoms with Crippen molar-refractivity contribution in [2.75, 3.05) is 39.4 Å². The highest BCUT2D eigenvalue weighted by atomic mass is 16.5. The van der Waals surface area contributed by atoms with Crippen molar-refractivity contribution in [1.82, 2.24) is 9.80 Å². The second-order valence-electron chi connectivity index (χ2n) is 6.16. The predicted octanol–water partition coefficient (Wildman–Crippen LogP) is 1.47. The fourth-order valence-corrected chi connectivity index (χ4v) is 2.92. The molecule has 1 unspecified atom stereocenters. The summed E-state index contributed by atoms with van der Waals surface area (Å²) in [5.41, 5.74) is 6.73. The quantitative estimate of drug-likeness (QED) is 0.788. The first-order valence-electron chi connectivity index (χ1n) is 8.54. The topological polar surface area (TPSA) is 58.8 Å². The lowest BCUT2D eigenvalue weighted by atomic mass is 10.1. The lowest BCUT2D eigenvalue weighted by Gasteiger charge is -2.35. The van der Waals surface area contributed by atoms with Crippen LogP contribution in [0.4, 0.5) is 0 Å². The molecule has 1 aromatic carbocycles. The van der Waals surface area contributed by atoms with E-state index in [-0.39, 0.29) is 11.9 Å². The molecule has 1 aliphatic heterocycles. The fourth-order valence-electron chi connectivity index (χ4n) is 2.92. The Labute approximate surface area is 139 Å². The summed E-state index contributed by atoms with van der Waals surface area (Å²) < 4.78 is 5.40. The Hall–Kier alpha value is -1.43. The van der Waals surface area contributed by atoms with E-state index in [1.807, 2.05) is 23.1 Å². The summed E-state index contributed by atoms with van der Waals surface area (Å²) in [6.45, 7) is 7.71. The lowest BCUT2D eigenvalue weighted by Crippen LogP contribution is -2.48. The van der Waals surface area contributed by atoms with Gasteiger partial charge >= 0.3 is 0 Å². The van der Waals surface area contributed by atoms with Crippen LogP contribution in [0.3, 0.4) is 0 Å². The Morgan fingerprint density at radius 3 is 2.65 bits per heavy atom. The highest BCUT2D eigenvalue weighted by Gasteiger charge is 2.23. The Morgan fingerprint density at radius 2 is 2.00 bits per heavy atom. The second kappa shape index (κ2) is 9.65. The van der Waals surface area contributed by atoms with E-state index >= 15 is 0 Å². The van der Waals surface area contributed by atoms with Crippen molar-refractivity contribution >= 4 is 5.91 Å². The monoisotopic (exact) mass is 319 g/mol. The molecule has 5 heteroatoms. The largest absolute Gasteiger partial charge is 0.379 e. The van der Waals surface area contributed by atoms with Crippen LogP contribution in [0.2, 0.25) is 0 Å². The molecule has 0 bridgehead atoms. The van der Waals surface area contributed by atoms with E-state index < -0.39 is 0 Å². The van der Waals surface area contributed by atoms with Crippen molar-refractivity contribution in [2.24, 2.45) is 5.73 Å². The fraction of sp³-hybridized carbons (Fsp3) is 0.611. The average molecular weight is 319 g/mol. The first-order valence-corrected chi connectivity index (χ1v) is 8.54. The maximum Gasteiger partial charge on any atom is 0.223 e. The standard InChI is InChI=1S/C18H29N3O2/c1-16(14-20-10-12-23-13-11-20)21(18(22)8-5-9-19)15-17-6-3-2-4-7-17/h2-4,6-7,16H,5,8-15,19H2,1H3. The number of rotatable bonds is 8. The molecule has 23 heavy (non-hydrogen) atoms. The van der Waals surface area contributed by atoms with Gasteiger partial charge in [0.2, 0.25) is 5.91 Å². The summed E-state index contributed by atoms with van der Waals surface area (Å²) in [7, 11) is 0. The predicted molar refractivity (Wildman–Crippen MR) is 92.0 cm³/mol. The van der Waals surface area contributed by atoms with Crippen molar-refractivity contribution in [1.29, 1.82) is 0 Å². The van der Waals surface area contributed by atoms with E-state index in [1.165, 1.54) is 5.56 Å². The van der Waals surface area contributed by atoms with E-state index in [1.54, 1.807) is 0 Å². The molecule has 0 spiro atoms. The van der Waals surface area contributed by atoms with Crippen LogP contribution >= 0.6 is 0 Å².